The number of carbonyl (C=O) groups is 1. The van der Waals surface area contributed by atoms with Gasteiger partial charge >= 0.3 is 6.09 Å². The number of rotatable bonds is 2. The Morgan fingerprint density at radius 2 is 1.89 bits per heavy atom. The largest absolute Gasteiger partial charge is 0.465 e. The third-order valence-corrected chi connectivity index (χ3v) is 5.00. The average molecular weight is 364 g/mol. The number of nitrogens with zero attached hydrogens (tertiary/aromatic N) is 4. The Bertz CT molecular complexity index is 837. The highest BCUT2D eigenvalue weighted by atomic mass is 16.4. The molecular weight excluding hydrogens is 340 g/mol. The van der Waals surface area contributed by atoms with Gasteiger partial charge in [-0.1, -0.05) is 51.1 Å². The van der Waals surface area contributed by atoms with Gasteiger partial charge in [0.05, 0.1) is 17.6 Å². The molecule has 6 nitrogen and oxygen atoms in total. The first-order valence-corrected chi connectivity index (χ1v) is 9.00. The van der Waals surface area contributed by atoms with Gasteiger partial charge in [0.15, 0.2) is 0 Å². The van der Waals surface area contributed by atoms with E-state index in [2.05, 4.69) is 36.7 Å². The highest BCUT2D eigenvalue weighted by Gasteiger charge is 2.46. The van der Waals surface area contributed by atoms with E-state index in [-0.39, 0.29) is 17.5 Å². The van der Waals surface area contributed by atoms with Crippen LogP contribution in [0.5, 0.6) is 0 Å². The van der Waals surface area contributed by atoms with Crippen LogP contribution in [0.15, 0.2) is 48.7 Å². The minimum atomic E-state index is -0.900. The highest BCUT2D eigenvalue weighted by molar-refractivity contribution is 5.67. The van der Waals surface area contributed by atoms with Gasteiger partial charge in [0.2, 0.25) is 0 Å². The lowest BCUT2D eigenvalue weighted by Crippen LogP contribution is -2.61. The normalized spacial score (nSPS) is 20.2. The van der Waals surface area contributed by atoms with E-state index < -0.39 is 6.09 Å². The van der Waals surface area contributed by atoms with Gasteiger partial charge in [-0.25, -0.2) is 9.78 Å². The van der Waals surface area contributed by atoms with E-state index in [1.54, 1.807) is 17.2 Å². The van der Waals surface area contributed by atoms with Gasteiger partial charge < -0.3 is 14.9 Å². The summed E-state index contributed by atoms with van der Waals surface area (Å²) in [6.45, 7) is 7.15. The number of amides is 1. The van der Waals surface area contributed by atoms with E-state index in [0.717, 1.165) is 11.4 Å². The zero-order valence-corrected chi connectivity index (χ0v) is 15.8. The molecule has 2 aromatic rings. The summed E-state index contributed by atoms with van der Waals surface area (Å²) in [6.07, 6.45) is 0.663. The second-order valence-electron chi connectivity index (χ2n) is 7.85. The summed E-state index contributed by atoms with van der Waals surface area (Å²) in [5, 5.41) is 18.9. The molecule has 1 N–H and O–H groups in total. The van der Waals surface area contributed by atoms with Crippen molar-refractivity contribution in [3.8, 4) is 6.07 Å². The number of nitriles is 1. The molecule has 0 saturated carbocycles. The predicted molar refractivity (Wildman–Crippen MR) is 103 cm³/mol. The van der Waals surface area contributed by atoms with E-state index in [9.17, 15) is 9.90 Å². The number of piperazine rings is 1. The number of hydrogen-bond donors (Lipinski definition) is 1. The molecular formula is C21H24N4O2. The van der Waals surface area contributed by atoms with Crippen LogP contribution in [0.3, 0.4) is 0 Å². The predicted octanol–water partition coefficient (Wildman–Crippen LogP) is 3.91. The van der Waals surface area contributed by atoms with Crippen LogP contribution in [0.25, 0.3) is 0 Å². The van der Waals surface area contributed by atoms with Crippen molar-refractivity contribution < 1.29 is 9.90 Å². The molecule has 1 aliphatic rings. The molecule has 2 atom stereocenters. The first-order valence-electron chi connectivity index (χ1n) is 9.00. The van der Waals surface area contributed by atoms with Gasteiger partial charge in [0.25, 0.3) is 0 Å². The third kappa shape index (κ3) is 3.72. The van der Waals surface area contributed by atoms with Crippen molar-refractivity contribution in [1.82, 2.24) is 9.88 Å². The second-order valence-corrected chi connectivity index (χ2v) is 7.85. The maximum Gasteiger partial charge on any atom is 0.407 e. The van der Waals surface area contributed by atoms with Gasteiger partial charge in [-0.05, 0) is 23.1 Å². The second kappa shape index (κ2) is 7.28. The smallest absolute Gasteiger partial charge is 0.407 e. The van der Waals surface area contributed by atoms with Crippen LogP contribution in [0.4, 0.5) is 10.6 Å². The lowest BCUT2D eigenvalue weighted by Gasteiger charge is -2.52. The topological polar surface area (TPSA) is 80.5 Å². The standard InChI is InChI=1S/C21H24N4O2/c1-21(2,3)19-18(16-7-5-4-6-8-16)24(11-12-25(19)20(26)27)17-10-9-15(13-22)14-23-17/h4-10,14,18-19H,11-12H2,1-3H3,(H,26,27). The molecule has 0 aliphatic carbocycles. The minimum absolute atomic E-state index is 0.170. The molecule has 1 aromatic carbocycles. The van der Waals surface area contributed by atoms with Crippen LogP contribution in [0.2, 0.25) is 0 Å². The number of anilines is 1. The van der Waals surface area contributed by atoms with Crippen LogP contribution in [0, 0.1) is 16.7 Å². The molecule has 140 valence electrons. The van der Waals surface area contributed by atoms with E-state index in [4.69, 9.17) is 5.26 Å². The van der Waals surface area contributed by atoms with Crippen molar-refractivity contribution in [1.29, 1.82) is 5.26 Å². The molecule has 2 heterocycles. The Labute approximate surface area is 159 Å². The van der Waals surface area contributed by atoms with E-state index in [1.165, 1.54) is 0 Å². The molecule has 2 unspecified atom stereocenters. The number of benzene rings is 1. The van der Waals surface area contributed by atoms with Crippen molar-refractivity contribution in [3.63, 3.8) is 0 Å². The maximum atomic E-state index is 12.0. The van der Waals surface area contributed by atoms with Crippen LogP contribution >= 0.6 is 0 Å². The summed E-state index contributed by atoms with van der Waals surface area (Å²) in [7, 11) is 0. The number of carboxylic acid groups (broad SMARTS) is 1. The first kappa shape index (κ1) is 18.7. The summed E-state index contributed by atoms with van der Waals surface area (Å²) in [5.41, 5.74) is 1.28. The number of pyridine rings is 1. The Kier molecular flexibility index (Phi) is 5.04. The molecule has 1 saturated heterocycles. The van der Waals surface area contributed by atoms with E-state index in [1.807, 2.05) is 36.4 Å². The van der Waals surface area contributed by atoms with Crippen molar-refractivity contribution >= 4 is 11.9 Å². The fourth-order valence-corrected chi connectivity index (χ4v) is 3.88. The fraction of sp³-hybridized carbons (Fsp3) is 0.381. The Morgan fingerprint density at radius 1 is 1.19 bits per heavy atom. The number of hydrogen-bond acceptors (Lipinski definition) is 4. The lowest BCUT2D eigenvalue weighted by molar-refractivity contribution is 0.0520. The summed E-state index contributed by atoms with van der Waals surface area (Å²) in [5.74, 6) is 0.752. The molecule has 1 aliphatic heterocycles. The number of aromatic nitrogens is 1. The molecule has 1 aromatic heterocycles. The summed E-state index contributed by atoms with van der Waals surface area (Å²) in [4.78, 5) is 20.2. The quantitative estimate of drug-likeness (QED) is 0.874. The van der Waals surface area contributed by atoms with E-state index >= 15 is 0 Å². The van der Waals surface area contributed by atoms with E-state index in [0.29, 0.717) is 18.7 Å². The van der Waals surface area contributed by atoms with Crippen LogP contribution < -0.4 is 4.90 Å². The molecule has 0 bridgehead atoms. The molecule has 27 heavy (non-hydrogen) atoms. The van der Waals surface area contributed by atoms with Crippen LogP contribution in [-0.4, -0.2) is 40.2 Å². The first-order chi connectivity index (χ1) is 12.8. The fourth-order valence-electron chi connectivity index (χ4n) is 3.88. The van der Waals surface area contributed by atoms with Gasteiger partial charge in [-0.3, -0.25) is 0 Å². The molecule has 0 radical (unpaired) electrons. The zero-order chi connectivity index (χ0) is 19.6. The molecule has 3 rings (SSSR count). The van der Waals surface area contributed by atoms with Gasteiger partial charge in [-0.2, -0.15) is 5.26 Å². The Balaban J connectivity index is 2.12. The van der Waals surface area contributed by atoms with Gasteiger partial charge in [0.1, 0.15) is 11.9 Å². The SMILES string of the molecule is CC(C)(C)C1C(c2ccccc2)N(c2ccc(C#N)cn2)CCN1C(=O)O. The molecule has 0 spiro atoms. The van der Waals surface area contributed by atoms with Gasteiger partial charge in [-0.15, -0.1) is 0 Å². The highest BCUT2D eigenvalue weighted by Crippen LogP contribution is 2.42. The minimum Gasteiger partial charge on any atom is -0.465 e. The Hall–Kier alpha value is -3.07. The monoisotopic (exact) mass is 364 g/mol. The van der Waals surface area contributed by atoms with Crippen LogP contribution in [-0.2, 0) is 0 Å². The molecule has 1 amide bonds. The molecule has 1 fully saturated rings. The zero-order valence-electron chi connectivity index (χ0n) is 15.8. The lowest BCUT2D eigenvalue weighted by atomic mass is 9.77. The van der Waals surface area contributed by atoms with Crippen molar-refractivity contribution in [2.45, 2.75) is 32.9 Å². The Morgan fingerprint density at radius 3 is 2.41 bits per heavy atom. The average Bonchev–Trinajstić information content (AvgIpc) is 2.67. The third-order valence-electron chi connectivity index (χ3n) is 5.00. The van der Waals surface area contributed by atoms with Crippen molar-refractivity contribution in [2.24, 2.45) is 5.41 Å². The van der Waals surface area contributed by atoms with Crippen molar-refractivity contribution in [3.05, 3.63) is 59.8 Å². The van der Waals surface area contributed by atoms with Gasteiger partial charge in [0, 0.05) is 19.3 Å². The van der Waals surface area contributed by atoms with Crippen LogP contribution in [0.1, 0.15) is 37.9 Å². The summed E-state index contributed by atoms with van der Waals surface area (Å²) in [6, 6.07) is 15.2. The maximum absolute atomic E-state index is 12.0. The summed E-state index contributed by atoms with van der Waals surface area (Å²) >= 11 is 0. The molecule has 6 heteroatoms. The van der Waals surface area contributed by atoms with Crippen molar-refractivity contribution in [2.75, 3.05) is 18.0 Å². The summed E-state index contributed by atoms with van der Waals surface area (Å²) < 4.78 is 0.